The molecule has 34 heavy (non-hydrogen) atoms. The average Bonchev–Trinajstić information content (AvgIpc) is 3.15. The number of nitrogens with zero attached hydrogens (tertiary/aromatic N) is 2. The number of rotatable bonds is 7. The van der Waals surface area contributed by atoms with Crippen LogP contribution in [0, 0.1) is 0 Å². The monoisotopic (exact) mass is 488 g/mol. The number of ether oxygens (including phenoxy) is 1. The Morgan fingerprint density at radius 2 is 1.65 bits per heavy atom. The first-order valence-electron chi connectivity index (χ1n) is 11.0. The number of carbonyl (C=O) groups is 1. The van der Waals surface area contributed by atoms with Gasteiger partial charge in [0.05, 0.1) is 11.6 Å². The molecule has 1 unspecified atom stereocenters. The molecular weight excluding hydrogens is 465 g/mol. The fourth-order valence-electron chi connectivity index (χ4n) is 3.97. The highest BCUT2D eigenvalue weighted by molar-refractivity contribution is 6.30. The normalized spacial score (nSPS) is 16.3. The van der Waals surface area contributed by atoms with E-state index >= 15 is 0 Å². The molecule has 1 aliphatic heterocycles. The number of halogens is 4. The van der Waals surface area contributed by atoms with E-state index in [1.165, 1.54) is 6.07 Å². The van der Waals surface area contributed by atoms with Crippen LogP contribution in [-0.4, -0.2) is 24.0 Å². The van der Waals surface area contributed by atoms with Crippen LogP contribution >= 0.6 is 11.6 Å². The molecule has 178 valence electrons. The first kappa shape index (κ1) is 24.0. The van der Waals surface area contributed by atoms with Crippen LogP contribution in [0.1, 0.15) is 36.9 Å². The zero-order valence-electron chi connectivity index (χ0n) is 18.6. The summed E-state index contributed by atoms with van der Waals surface area (Å²) in [4.78, 5) is 16.5. The SMILES string of the molecule is CCCCN1CC(c2cccc(C(F)(F)F)c2)N(c2ccc(Oc3ccc(Cl)cc3)cc2)C1=O. The zero-order valence-corrected chi connectivity index (χ0v) is 19.3. The van der Waals surface area contributed by atoms with Crippen molar-refractivity contribution in [1.29, 1.82) is 0 Å². The van der Waals surface area contributed by atoms with E-state index in [0.717, 1.165) is 25.0 Å². The second-order valence-electron chi connectivity index (χ2n) is 8.14. The van der Waals surface area contributed by atoms with Crippen molar-refractivity contribution in [3.05, 3.63) is 88.9 Å². The van der Waals surface area contributed by atoms with Gasteiger partial charge >= 0.3 is 12.2 Å². The minimum absolute atomic E-state index is 0.220. The smallest absolute Gasteiger partial charge is 0.416 e. The van der Waals surface area contributed by atoms with E-state index in [-0.39, 0.29) is 6.03 Å². The minimum atomic E-state index is -4.45. The quantitative estimate of drug-likeness (QED) is 0.338. The fraction of sp³-hybridized carbons (Fsp3) is 0.269. The number of hydrogen-bond donors (Lipinski definition) is 0. The van der Waals surface area contributed by atoms with Gasteiger partial charge in [-0.1, -0.05) is 37.1 Å². The average molecular weight is 489 g/mol. The van der Waals surface area contributed by atoms with E-state index in [4.69, 9.17) is 16.3 Å². The van der Waals surface area contributed by atoms with E-state index in [0.29, 0.717) is 40.9 Å². The van der Waals surface area contributed by atoms with E-state index in [1.54, 1.807) is 64.4 Å². The lowest BCUT2D eigenvalue weighted by atomic mass is 10.0. The Balaban J connectivity index is 1.62. The maximum absolute atomic E-state index is 13.3. The highest BCUT2D eigenvalue weighted by Gasteiger charge is 2.40. The van der Waals surface area contributed by atoms with Crippen molar-refractivity contribution in [2.45, 2.75) is 32.0 Å². The van der Waals surface area contributed by atoms with Gasteiger partial charge in [-0.05, 0) is 72.6 Å². The molecule has 3 aromatic rings. The van der Waals surface area contributed by atoms with Crippen LogP contribution in [0.15, 0.2) is 72.8 Å². The summed E-state index contributed by atoms with van der Waals surface area (Å²) in [7, 11) is 0. The predicted molar refractivity (Wildman–Crippen MR) is 127 cm³/mol. The summed E-state index contributed by atoms with van der Waals surface area (Å²) < 4.78 is 45.8. The van der Waals surface area contributed by atoms with Crippen molar-refractivity contribution < 1.29 is 22.7 Å². The number of amides is 2. The molecule has 1 fully saturated rings. The number of hydrogen-bond acceptors (Lipinski definition) is 2. The van der Waals surface area contributed by atoms with E-state index < -0.39 is 17.8 Å². The molecule has 0 spiro atoms. The van der Waals surface area contributed by atoms with Gasteiger partial charge in [-0.3, -0.25) is 4.90 Å². The molecule has 1 heterocycles. The number of carbonyl (C=O) groups excluding carboxylic acids is 1. The van der Waals surface area contributed by atoms with Crippen molar-refractivity contribution in [3.8, 4) is 11.5 Å². The van der Waals surface area contributed by atoms with Crippen LogP contribution in [0.5, 0.6) is 11.5 Å². The lowest BCUT2D eigenvalue weighted by Crippen LogP contribution is -2.33. The molecule has 1 aliphatic rings. The van der Waals surface area contributed by atoms with Gasteiger partial charge in [-0.25, -0.2) is 4.79 Å². The molecule has 0 N–H and O–H groups in total. The molecule has 0 radical (unpaired) electrons. The van der Waals surface area contributed by atoms with Crippen molar-refractivity contribution in [2.75, 3.05) is 18.0 Å². The predicted octanol–water partition coefficient (Wildman–Crippen LogP) is 7.93. The third-order valence-electron chi connectivity index (χ3n) is 5.73. The Bertz CT molecular complexity index is 1130. The van der Waals surface area contributed by atoms with Crippen LogP contribution in [0.25, 0.3) is 0 Å². The van der Waals surface area contributed by atoms with Gasteiger partial charge in [0.2, 0.25) is 0 Å². The molecule has 0 saturated carbocycles. The molecule has 1 saturated heterocycles. The summed E-state index contributed by atoms with van der Waals surface area (Å²) in [5.41, 5.74) is 0.314. The second-order valence-corrected chi connectivity index (χ2v) is 8.58. The highest BCUT2D eigenvalue weighted by Crippen LogP contribution is 2.38. The van der Waals surface area contributed by atoms with Gasteiger partial charge in [-0.15, -0.1) is 0 Å². The van der Waals surface area contributed by atoms with Gasteiger partial charge in [0.25, 0.3) is 0 Å². The van der Waals surface area contributed by atoms with Crippen LogP contribution in [-0.2, 0) is 6.18 Å². The van der Waals surface area contributed by atoms with Crippen molar-refractivity contribution >= 4 is 23.3 Å². The molecule has 4 nitrogen and oxygen atoms in total. The lowest BCUT2D eigenvalue weighted by molar-refractivity contribution is -0.137. The van der Waals surface area contributed by atoms with Gasteiger partial charge in [0, 0.05) is 23.8 Å². The second kappa shape index (κ2) is 9.97. The number of benzene rings is 3. The van der Waals surface area contributed by atoms with Crippen LogP contribution in [0.4, 0.5) is 23.7 Å². The molecule has 0 bridgehead atoms. The number of urea groups is 1. The summed E-state index contributed by atoms with van der Waals surface area (Å²) in [6.45, 7) is 2.91. The Kier molecular flexibility index (Phi) is 7.03. The maximum atomic E-state index is 13.3. The maximum Gasteiger partial charge on any atom is 0.416 e. The molecule has 8 heteroatoms. The van der Waals surface area contributed by atoms with Crippen molar-refractivity contribution in [1.82, 2.24) is 4.90 Å². The third kappa shape index (κ3) is 5.30. The standard InChI is InChI=1S/C26H24ClF3N2O2/c1-2-3-15-31-17-24(18-5-4-6-19(16-18)26(28,29)30)32(25(31)33)21-9-13-23(14-10-21)34-22-11-7-20(27)8-12-22/h4-14,16,24H,2-3,15,17H2,1H3. The van der Waals surface area contributed by atoms with E-state index in [1.807, 2.05) is 6.92 Å². The largest absolute Gasteiger partial charge is 0.457 e. The molecular formula is C26H24ClF3N2O2. The summed E-state index contributed by atoms with van der Waals surface area (Å²) in [6, 6.07) is 18.3. The minimum Gasteiger partial charge on any atom is -0.457 e. The summed E-state index contributed by atoms with van der Waals surface area (Å²) in [5, 5.41) is 0.600. The molecule has 1 atom stereocenters. The Morgan fingerprint density at radius 3 is 2.26 bits per heavy atom. The number of unbranched alkanes of at least 4 members (excludes halogenated alkanes) is 1. The summed E-state index contributed by atoms with van der Waals surface area (Å²) in [6.07, 6.45) is -2.72. The summed E-state index contributed by atoms with van der Waals surface area (Å²) >= 11 is 5.90. The molecule has 0 aromatic heterocycles. The van der Waals surface area contributed by atoms with Crippen LogP contribution in [0.3, 0.4) is 0 Å². The Hall–Kier alpha value is -3.19. The molecule has 0 aliphatic carbocycles. The van der Waals surface area contributed by atoms with Crippen molar-refractivity contribution in [3.63, 3.8) is 0 Å². The van der Waals surface area contributed by atoms with E-state index in [9.17, 15) is 18.0 Å². The topological polar surface area (TPSA) is 32.8 Å². The zero-order chi connectivity index (χ0) is 24.3. The molecule has 4 rings (SSSR count). The number of alkyl halides is 3. The first-order chi connectivity index (χ1) is 16.3. The third-order valence-corrected chi connectivity index (χ3v) is 5.98. The Morgan fingerprint density at radius 1 is 1.00 bits per heavy atom. The van der Waals surface area contributed by atoms with Gasteiger partial charge in [0.1, 0.15) is 11.5 Å². The Labute approximate surface area is 201 Å². The molecule has 2 amide bonds. The first-order valence-corrected chi connectivity index (χ1v) is 11.4. The fourth-order valence-corrected chi connectivity index (χ4v) is 4.10. The number of anilines is 1. The highest BCUT2D eigenvalue weighted by atomic mass is 35.5. The van der Waals surface area contributed by atoms with E-state index in [2.05, 4.69) is 0 Å². The van der Waals surface area contributed by atoms with Gasteiger partial charge in [-0.2, -0.15) is 13.2 Å². The summed E-state index contributed by atoms with van der Waals surface area (Å²) in [5.74, 6) is 1.18. The van der Waals surface area contributed by atoms with Gasteiger partial charge in [0.15, 0.2) is 0 Å². The van der Waals surface area contributed by atoms with Crippen molar-refractivity contribution in [2.24, 2.45) is 0 Å². The van der Waals surface area contributed by atoms with Crippen LogP contribution < -0.4 is 9.64 Å². The van der Waals surface area contributed by atoms with Crippen LogP contribution in [0.2, 0.25) is 5.02 Å². The van der Waals surface area contributed by atoms with Gasteiger partial charge < -0.3 is 9.64 Å². The lowest BCUT2D eigenvalue weighted by Gasteiger charge is -2.24. The molecule has 3 aromatic carbocycles.